The summed E-state index contributed by atoms with van der Waals surface area (Å²) in [5.74, 6) is 0.265. The second kappa shape index (κ2) is 8.03. The zero-order chi connectivity index (χ0) is 14.2. The van der Waals surface area contributed by atoms with Crippen LogP contribution >= 0.6 is 0 Å². The lowest BCUT2D eigenvalue weighted by molar-refractivity contribution is -0.132. The Balaban J connectivity index is 1.81. The normalized spacial score (nSPS) is 17.2. The fourth-order valence-electron chi connectivity index (χ4n) is 2.98. The first-order chi connectivity index (χ1) is 9.77. The molecule has 0 unspecified atom stereocenters. The van der Waals surface area contributed by atoms with Crippen LogP contribution in [0.4, 0.5) is 0 Å². The number of rotatable bonds is 4. The highest BCUT2D eigenvalue weighted by atomic mass is 16.2. The van der Waals surface area contributed by atoms with Crippen molar-refractivity contribution in [1.29, 1.82) is 0 Å². The van der Waals surface area contributed by atoms with Crippen molar-refractivity contribution >= 4 is 5.91 Å². The van der Waals surface area contributed by atoms with Crippen molar-refractivity contribution < 1.29 is 4.79 Å². The highest BCUT2D eigenvalue weighted by molar-refractivity contribution is 5.76. The minimum atomic E-state index is 0.265. The zero-order valence-electron chi connectivity index (χ0n) is 12.6. The summed E-state index contributed by atoms with van der Waals surface area (Å²) in [4.78, 5) is 18.6. The summed E-state index contributed by atoms with van der Waals surface area (Å²) in [6.45, 7) is 0. The first kappa shape index (κ1) is 15.0. The lowest BCUT2D eigenvalue weighted by Gasteiger charge is -2.29. The van der Waals surface area contributed by atoms with Gasteiger partial charge in [0.15, 0.2) is 0 Å². The quantitative estimate of drug-likeness (QED) is 0.840. The first-order valence-electron chi connectivity index (χ1n) is 7.93. The largest absolute Gasteiger partial charge is 0.343 e. The van der Waals surface area contributed by atoms with Crippen LogP contribution in [0, 0.1) is 0 Å². The van der Waals surface area contributed by atoms with Crippen molar-refractivity contribution in [2.24, 2.45) is 0 Å². The lowest BCUT2D eigenvalue weighted by atomic mass is 9.95. The van der Waals surface area contributed by atoms with Crippen LogP contribution in [0.5, 0.6) is 0 Å². The monoisotopic (exact) mass is 274 g/mol. The van der Waals surface area contributed by atoms with Crippen LogP contribution in [0.1, 0.15) is 57.1 Å². The molecule has 0 saturated heterocycles. The van der Waals surface area contributed by atoms with Crippen LogP contribution in [0.15, 0.2) is 24.4 Å². The first-order valence-corrected chi connectivity index (χ1v) is 7.93. The Labute approximate surface area is 122 Å². The molecule has 0 atom stereocenters. The third-order valence-electron chi connectivity index (χ3n) is 4.34. The number of aryl methyl sites for hydroxylation is 1. The van der Waals surface area contributed by atoms with Crippen molar-refractivity contribution in [1.82, 2.24) is 9.88 Å². The second-order valence-corrected chi connectivity index (χ2v) is 5.82. The number of aromatic nitrogens is 1. The Hall–Kier alpha value is -1.38. The molecule has 1 aliphatic carbocycles. The predicted octanol–water partition coefficient (Wildman–Crippen LogP) is 3.59. The molecule has 3 heteroatoms. The van der Waals surface area contributed by atoms with Gasteiger partial charge in [0.1, 0.15) is 0 Å². The van der Waals surface area contributed by atoms with Gasteiger partial charge >= 0.3 is 0 Å². The smallest absolute Gasteiger partial charge is 0.222 e. The van der Waals surface area contributed by atoms with E-state index in [1.54, 1.807) is 6.20 Å². The van der Waals surface area contributed by atoms with Gasteiger partial charge in [-0.25, -0.2) is 0 Å². The number of pyridine rings is 1. The van der Waals surface area contributed by atoms with E-state index in [4.69, 9.17) is 0 Å². The van der Waals surface area contributed by atoms with Gasteiger partial charge in [-0.3, -0.25) is 9.78 Å². The third-order valence-corrected chi connectivity index (χ3v) is 4.34. The molecule has 110 valence electrons. The van der Waals surface area contributed by atoms with E-state index >= 15 is 0 Å². The molecule has 0 radical (unpaired) electrons. The van der Waals surface area contributed by atoms with Gasteiger partial charge in [-0.05, 0) is 31.4 Å². The van der Waals surface area contributed by atoms with Gasteiger partial charge in [-0.1, -0.05) is 38.2 Å². The average Bonchev–Trinajstić information content (AvgIpc) is 2.45. The summed E-state index contributed by atoms with van der Waals surface area (Å²) in [6, 6.07) is 6.33. The average molecular weight is 274 g/mol. The number of nitrogens with zero attached hydrogens (tertiary/aromatic N) is 2. The number of carbonyl (C=O) groups is 1. The van der Waals surface area contributed by atoms with E-state index in [0.29, 0.717) is 12.5 Å². The molecule has 1 aromatic rings. The highest BCUT2D eigenvalue weighted by Crippen LogP contribution is 2.21. The van der Waals surface area contributed by atoms with Crippen molar-refractivity contribution in [3.05, 3.63) is 30.1 Å². The van der Waals surface area contributed by atoms with Gasteiger partial charge in [0.05, 0.1) is 0 Å². The SMILES string of the molecule is CN(C(=O)CCc1ccccn1)C1CCCCCCC1. The molecule has 20 heavy (non-hydrogen) atoms. The van der Waals surface area contributed by atoms with Crippen molar-refractivity contribution in [3.8, 4) is 0 Å². The minimum Gasteiger partial charge on any atom is -0.343 e. The fourth-order valence-corrected chi connectivity index (χ4v) is 2.98. The van der Waals surface area contributed by atoms with E-state index in [1.807, 2.05) is 30.1 Å². The summed E-state index contributed by atoms with van der Waals surface area (Å²) < 4.78 is 0. The zero-order valence-corrected chi connectivity index (χ0v) is 12.6. The summed E-state index contributed by atoms with van der Waals surface area (Å²) in [5, 5.41) is 0. The summed E-state index contributed by atoms with van der Waals surface area (Å²) >= 11 is 0. The number of carbonyl (C=O) groups excluding carboxylic acids is 1. The molecule has 1 heterocycles. The molecule has 2 rings (SSSR count). The second-order valence-electron chi connectivity index (χ2n) is 5.82. The molecule has 0 spiro atoms. The molecule has 3 nitrogen and oxygen atoms in total. The fraction of sp³-hybridized carbons (Fsp3) is 0.647. The molecule has 1 aromatic heterocycles. The number of amides is 1. The van der Waals surface area contributed by atoms with Crippen molar-refractivity contribution in [2.45, 2.75) is 63.8 Å². The molecular formula is C17H26N2O. The molecule has 0 bridgehead atoms. The topological polar surface area (TPSA) is 33.2 Å². The Morgan fingerprint density at radius 1 is 1.20 bits per heavy atom. The van der Waals surface area contributed by atoms with Crippen LogP contribution in [-0.2, 0) is 11.2 Å². The van der Waals surface area contributed by atoms with Gasteiger partial charge in [0, 0.05) is 31.4 Å². The van der Waals surface area contributed by atoms with Gasteiger partial charge in [-0.15, -0.1) is 0 Å². The Morgan fingerprint density at radius 3 is 2.55 bits per heavy atom. The molecular weight excluding hydrogens is 248 g/mol. The molecule has 1 saturated carbocycles. The molecule has 1 amide bonds. The van der Waals surface area contributed by atoms with Crippen LogP contribution < -0.4 is 0 Å². The van der Waals surface area contributed by atoms with E-state index in [1.165, 1.54) is 44.9 Å². The molecule has 0 N–H and O–H groups in total. The minimum absolute atomic E-state index is 0.265. The summed E-state index contributed by atoms with van der Waals surface area (Å²) in [6.07, 6.45) is 12.0. The van der Waals surface area contributed by atoms with Crippen LogP contribution in [0.3, 0.4) is 0 Å². The number of hydrogen-bond donors (Lipinski definition) is 0. The lowest BCUT2D eigenvalue weighted by Crippen LogP contribution is -2.37. The maximum absolute atomic E-state index is 12.3. The highest BCUT2D eigenvalue weighted by Gasteiger charge is 2.20. The van der Waals surface area contributed by atoms with Crippen LogP contribution in [-0.4, -0.2) is 28.9 Å². The predicted molar refractivity (Wildman–Crippen MR) is 81.4 cm³/mol. The van der Waals surface area contributed by atoms with Crippen LogP contribution in [0.2, 0.25) is 0 Å². The van der Waals surface area contributed by atoms with Gasteiger partial charge in [-0.2, -0.15) is 0 Å². The van der Waals surface area contributed by atoms with E-state index in [9.17, 15) is 4.79 Å². The van der Waals surface area contributed by atoms with E-state index in [-0.39, 0.29) is 5.91 Å². The Morgan fingerprint density at radius 2 is 1.90 bits per heavy atom. The number of hydrogen-bond acceptors (Lipinski definition) is 2. The summed E-state index contributed by atoms with van der Waals surface area (Å²) in [7, 11) is 1.98. The van der Waals surface area contributed by atoms with E-state index < -0.39 is 0 Å². The molecule has 0 aromatic carbocycles. The maximum Gasteiger partial charge on any atom is 0.222 e. The van der Waals surface area contributed by atoms with E-state index in [0.717, 1.165) is 12.1 Å². The van der Waals surface area contributed by atoms with Crippen LogP contribution in [0.25, 0.3) is 0 Å². The van der Waals surface area contributed by atoms with E-state index in [2.05, 4.69) is 4.98 Å². The van der Waals surface area contributed by atoms with Gasteiger partial charge in [0.25, 0.3) is 0 Å². The molecule has 0 aliphatic heterocycles. The Bertz CT molecular complexity index is 397. The van der Waals surface area contributed by atoms with Gasteiger partial charge in [0.2, 0.25) is 5.91 Å². The summed E-state index contributed by atoms with van der Waals surface area (Å²) in [5.41, 5.74) is 1.01. The standard InChI is InChI=1S/C17H26N2O/c1-19(16-10-5-3-2-4-6-11-16)17(20)13-12-15-9-7-8-14-18-15/h7-9,14,16H,2-6,10-13H2,1H3. The van der Waals surface area contributed by atoms with Crippen molar-refractivity contribution in [2.75, 3.05) is 7.05 Å². The van der Waals surface area contributed by atoms with Crippen molar-refractivity contribution in [3.63, 3.8) is 0 Å². The molecule has 1 fully saturated rings. The molecule has 1 aliphatic rings. The maximum atomic E-state index is 12.3. The third kappa shape index (κ3) is 4.62. The Kier molecular flexibility index (Phi) is 6.03. The van der Waals surface area contributed by atoms with Gasteiger partial charge < -0.3 is 4.90 Å².